The monoisotopic (exact) mass is 272 g/mol. The minimum Gasteiger partial charge on any atom is -0.341 e. The number of hydrogen-bond acceptors (Lipinski definition) is 2. The Balaban J connectivity index is 1.76. The number of alkyl halides is 1. The van der Waals surface area contributed by atoms with Crippen molar-refractivity contribution in [2.75, 3.05) is 38.6 Å². The predicted molar refractivity (Wildman–Crippen MR) is 74.8 cm³/mol. The van der Waals surface area contributed by atoms with E-state index in [0.717, 1.165) is 31.5 Å². The van der Waals surface area contributed by atoms with Gasteiger partial charge < -0.3 is 9.80 Å². The zero-order valence-corrected chi connectivity index (χ0v) is 12.3. The smallest absolute Gasteiger partial charge is 0.223 e. The van der Waals surface area contributed by atoms with Gasteiger partial charge in [-0.2, -0.15) is 0 Å². The van der Waals surface area contributed by atoms with Gasteiger partial charge in [-0.25, -0.2) is 0 Å². The van der Waals surface area contributed by atoms with Crippen LogP contribution in [0.5, 0.6) is 0 Å². The van der Waals surface area contributed by atoms with Gasteiger partial charge in [-0.15, -0.1) is 11.6 Å². The normalized spacial score (nSPS) is 34.3. The highest BCUT2D eigenvalue weighted by atomic mass is 35.5. The molecule has 2 fully saturated rings. The Morgan fingerprint density at radius 1 is 1.17 bits per heavy atom. The molecule has 2 aliphatic heterocycles. The minimum absolute atomic E-state index is 0.291. The van der Waals surface area contributed by atoms with Gasteiger partial charge >= 0.3 is 0 Å². The number of rotatable bonds is 4. The molecule has 0 bridgehead atoms. The summed E-state index contributed by atoms with van der Waals surface area (Å²) in [6, 6.07) is 0. The number of amides is 1. The third-order valence-electron chi connectivity index (χ3n) is 4.14. The summed E-state index contributed by atoms with van der Waals surface area (Å²) >= 11 is 5.84. The zero-order valence-electron chi connectivity index (χ0n) is 11.6. The number of carbonyl (C=O) groups excluding carboxylic acids is 1. The van der Waals surface area contributed by atoms with Gasteiger partial charge in [0.05, 0.1) is 0 Å². The average Bonchev–Trinajstić information content (AvgIpc) is 2.66. The SMILES string of the molecule is CC1CC(C)CN(CCN2CC(CCl)CC2=O)C1. The summed E-state index contributed by atoms with van der Waals surface area (Å²) in [6.45, 7) is 9.79. The van der Waals surface area contributed by atoms with Crippen molar-refractivity contribution in [3.05, 3.63) is 0 Å². The van der Waals surface area contributed by atoms with Crippen LogP contribution in [0.2, 0.25) is 0 Å². The molecule has 3 unspecified atom stereocenters. The van der Waals surface area contributed by atoms with Crippen molar-refractivity contribution in [3.8, 4) is 0 Å². The van der Waals surface area contributed by atoms with E-state index < -0.39 is 0 Å². The molecule has 0 saturated carbocycles. The molecule has 3 atom stereocenters. The first-order chi connectivity index (χ1) is 8.58. The molecule has 0 aromatic rings. The molecule has 2 rings (SSSR count). The van der Waals surface area contributed by atoms with Crippen LogP contribution in [0.4, 0.5) is 0 Å². The minimum atomic E-state index is 0.291. The Hall–Kier alpha value is -0.280. The molecule has 0 aliphatic carbocycles. The van der Waals surface area contributed by atoms with Crippen LogP contribution < -0.4 is 0 Å². The lowest BCUT2D eigenvalue weighted by Gasteiger charge is -2.35. The Bertz CT molecular complexity index is 288. The molecule has 2 heterocycles. The summed E-state index contributed by atoms with van der Waals surface area (Å²) in [5, 5.41) is 0. The average molecular weight is 273 g/mol. The highest BCUT2D eigenvalue weighted by Gasteiger charge is 2.29. The van der Waals surface area contributed by atoms with Crippen LogP contribution in [-0.2, 0) is 4.79 Å². The first kappa shape index (κ1) is 14.1. The molecule has 4 heteroatoms. The van der Waals surface area contributed by atoms with Crippen LogP contribution in [0.25, 0.3) is 0 Å². The summed E-state index contributed by atoms with van der Waals surface area (Å²) in [6.07, 6.45) is 1.99. The molecule has 0 aromatic heterocycles. The Morgan fingerprint density at radius 2 is 1.83 bits per heavy atom. The van der Waals surface area contributed by atoms with E-state index in [4.69, 9.17) is 11.6 Å². The molecule has 1 amide bonds. The molecular weight excluding hydrogens is 248 g/mol. The summed E-state index contributed by atoms with van der Waals surface area (Å²) in [5.74, 6) is 2.86. The van der Waals surface area contributed by atoms with Crippen molar-refractivity contribution in [2.45, 2.75) is 26.7 Å². The third-order valence-corrected chi connectivity index (χ3v) is 4.58. The van der Waals surface area contributed by atoms with E-state index in [2.05, 4.69) is 18.7 Å². The lowest BCUT2D eigenvalue weighted by atomic mass is 9.92. The van der Waals surface area contributed by atoms with E-state index >= 15 is 0 Å². The van der Waals surface area contributed by atoms with Crippen LogP contribution in [0, 0.1) is 17.8 Å². The molecular formula is C14H25ClN2O. The number of carbonyl (C=O) groups is 1. The van der Waals surface area contributed by atoms with Crippen LogP contribution in [0.15, 0.2) is 0 Å². The third kappa shape index (κ3) is 3.61. The second-order valence-electron chi connectivity index (χ2n) is 6.27. The van der Waals surface area contributed by atoms with E-state index in [1.54, 1.807) is 0 Å². The summed E-state index contributed by atoms with van der Waals surface area (Å²) < 4.78 is 0. The lowest BCUT2D eigenvalue weighted by molar-refractivity contribution is -0.127. The zero-order chi connectivity index (χ0) is 13.1. The van der Waals surface area contributed by atoms with Crippen LogP contribution in [-0.4, -0.2) is 54.3 Å². The van der Waals surface area contributed by atoms with Crippen molar-refractivity contribution in [3.63, 3.8) is 0 Å². The molecule has 2 saturated heterocycles. The van der Waals surface area contributed by atoms with Gasteiger partial charge in [-0.05, 0) is 24.2 Å². The second-order valence-corrected chi connectivity index (χ2v) is 6.58. The Kier molecular flexibility index (Phi) is 4.91. The van der Waals surface area contributed by atoms with Crippen molar-refractivity contribution in [1.29, 1.82) is 0 Å². The van der Waals surface area contributed by atoms with Crippen LogP contribution in [0.1, 0.15) is 26.7 Å². The summed E-state index contributed by atoms with van der Waals surface area (Å²) in [4.78, 5) is 16.3. The molecule has 3 nitrogen and oxygen atoms in total. The van der Waals surface area contributed by atoms with Crippen LogP contribution >= 0.6 is 11.6 Å². The second kappa shape index (κ2) is 6.25. The van der Waals surface area contributed by atoms with Gasteiger partial charge in [0.25, 0.3) is 0 Å². The first-order valence-corrected chi connectivity index (χ1v) is 7.68. The molecule has 18 heavy (non-hydrogen) atoms. The van der Waals surface area contributed by atoms with Gasteiger partial charge in [-0.1, -0.05) is 13.8 Å². The van der Waals surface area contributed by atoms with E-state index in [-0.39, 0.29) is 0 Å². The molecule has 104 valence electrons. The molecule has 0 radical (unpaired) electrons. The molecule has 0 spiro atoms. The van der Waals surface area contributed by atoms with Gasteiger partial charge in [0.2, 0.25) is 5.91 Å². The van der Waals surface area contributed by atoms with E-state index in [1.807, 2.05) is 4.90 Å². The first-order valence-electron chi connectivity index (χ1n) is 7.14. The summed E-state index contributed by atoms with van der Waals surface area (Å²) in [5.41, 5.74) is 0. The topological polar surface area (TPSA) is 23.6 Å². The fraction of sp³-hybridized carbons (Fsp3) is 0.929. The Labute approximate surface area is 115 Å². The van der Waals surface area contributed by atoms with Crippen molar-refractivity contribution < 1.29 is 4.79 Å². The molecule has 2 aliphatic rings. The summed E-state index contributed by atoms with van der Waals surface area (Å²) in [7, 11) is 0. The van der Waals surface area contributed by atoms with Crippen LogP contribution in [0.3, 0.4) is 0 Å². The highest BCUT2D eigenvalue weighted by Crippen LogP contribution is 2.22. The number of piperidine rings is 1. The fourth-order valence-electron chi connectivity index (χ4n) is 3.41. The molecule has 0 N–H and O–H groups in total. The van der Waals surface area contributed by atoms with Gasteiger partial charge in [0, 0.05) is 45.0 Å². The maximum atomic E-state index is 11.8. The van der Waals surface area contributed by atoms with Crippen molar-refractivity contribution in [1.82, 2.24) is 9.80 Å². The largest absolute Gasteiger partial charge is 0.341 e. The maximum Gasteiger partial charge on any atom is 0.223 e. The quantitative estimate of drug-likeness (QED) is 0.732. The fourth-order valence-corrected chi connectivity index (χ4v) is 3.62. The Morgan fingerprint density at radius 3 is 2.39 bits per heavy atom. The van der Waals surface area contributed by atoms with Gasteiger partial charge in [-0.3, -0.25) is 4.79 Å². The number of hydrogen-bond donors (Lipinski definition) is 0. The maximum absolute atomic E-state index is 11.8. The van der Waals surface area contributed by atoms with Crippen molar-refractivity contribution >= 4 is 17.5 Å². The standard InChI is InChI=1S/C14H25ClN2O/c1-11-5-12(2)9-16(8-11)3-4-17-10-13(7-15)6-14(17)18/h11-13H,3-10H2,1-2H3. The predicted octanol–water partition coefficient (Wildman–Crippen LogP) is 2.05. The number of nitrogens with zero attached hydrogens (tertiary/aromatic N) is 2. The number of likely N-dealkylation sites (tertiary alicyclic amines) is 2. The van der Waals surface area contributed by atoms with Gasteiger partial charge in [0.15, 0.2) is 0 Å². The van der Waals surface area contributed by atoms with E-state index in [0.29, 0.717) is 24.1 Å². The van der Waals surface area contributed by atoms with Crippen molar-refractivity contribution in [2.24, 2.45) is 17.8 Å². The van der Waals surface area contributed by atoms with E-state index in [1.165, 1.54) is 19.5 Å². The number of halogens is 1. The molecule has 0 aromatic carbocycles. The van der Waals surface area contributed by atoms with Gasteiger partial charge in [0.1, 0.15) is 0 Å². The van der Waals surface area contributed by atoms with E-state index in [9.17, 15) is 4.79 Å². The highest BCUT2D eigenvalue weighted by molar-refractivity contribution is 6.18. The lowest BCUT2D eigenvalue weighted by Crippen LogP contribution is -2.43.